The number of esters is 1. The first-order valence-electron chi connectivity index (χ1n) is 7.18. The molecule has 0 saturated heterocycles. The summed E-state index contributed by atoms with van der Waals surface area (Å²) in [5.41, 5.74) is 1.18. The van der Waals surface area contributed by atoms with Crippen molar-refractivity contribution in [2.45, 2.75) is 19.6 Å². The van der Waals surface area contributed by atoms with Crippen molar-refractivity contribution in [2.75, 3.05) is 5.32 Å². The highest BCUT2D eigenvalue weighted by Crippen LogP contribution is 2.24. The van der Waals surface area contributed by atoms with E-state index in [9.17, 15) is 14.9 Å². The maximum Gasteiger partial charge on any atom is 0.341 e. The number of nitro benzene ring substituents is 1. The summed E-state index contributed by atoms with van der Waals surface area (Å²) in [6.45, 7) is 1.86. The van der Waals surface area contributed by atoms with Crippen LogP contribution >= 0.6 is 0 Å². The molecule has 0 aliphatic carbocycles. The van der Waals surface area contributed by atoms with Crippen molar-refractivity contribution in [3.05, 3.63) is 69.8 Å². The van der Waals surface area contributed by atoms with E-state index in [1.165, 1.54) is 19.1 Å². The first-order valence-corrected chi connectivity index (χ1v) is 7.18. The van der Waals surface area contributed by atoms with Gasteiger partial charge >= 0.3 is 5.97 Å². The second kappa shape index (κ2) is 7.74. The summed E-state index contributed by atoms with van der Waals surface area (Å²) in [6, 6.07) is 15.2. The molecule has 2 aromatic carbocycles. The number of ether oxygens (including phenoxy) is 1. The van der Waals surface area contributed by atoms with Crippen molar-refractivity contribution in [1.29, 1.82) is 5.26 Å². The summed E-state index contributed by atoms with van der Waals surface area (Å²) in [5.74, 6) is -0.789. The maximum atomic E-state index is 12.2. The zero-order valence-electron chi connectivity index (χ0n) is 12.9. The van der Waals surface area contributed by atoms with Crippen molar-refractivity contribution in [3.63, 3.8) is 0 Å². The average Bonchev–Trinajstić information content (AvgIpc) is 2.60. The monoisotopic (exact) mass is 325 g/mol. The quantitative estimate of drug-likeness (QED) is 0.496. The van der Waals surface area contributed by atoms with E-state index in [-0.39, 0.29) is 11.3 Å². The van der Waals surface area contributed by atoms with Crippen LogP contribution in [0.15, 0.2) is 48.5 Å². The summed E-state index contributed by atoms with van der Waals surface area (Å²) in [7, 11) is 0. The molecule has 0 aromatic heterocycles. The Bertz CT molecular complexity index is 784. The Morgan fingerprint density at radius 2 is 2.04 bits per heavy atom. The second-order valence-corrected chi connectivity index (χ2v) is 5.00. The Morgan fingerprint density at radius 1 is 1.33 bits per heavy atom. The summed E-state index contributed by atoms with van der Waals surface area (Å²) >= 11 is 0. The Kier molecular flexibility index (Phi) is 5.47. The minimum Gasteiger partial charge on any atom is -0.444 e. The number of nitriles is 1. The molecule has 0 heterocycles. The number of carbonyl (C=O) groups is 1. The molecule has 7 nitrogen and oxygen atoms in total. The highest BCUT2D eigenvalue weighted by Gasteiger charge is 2.19. The summed E-state index contributed by atoms with van der Waals surface area (Å²) in [6.07, 6.45) is -0.946. The third-order valence-corrected chi connectivity index (χ3v) is 3.23. The van der Waals surface area contributed by atoms with E-state index in [0.717, 1.165) is 11.6 Å². The van der Waals surface area contributed by atoms with Gasteiger partial charge in [0.15, 0.2) is 6.10 Å². The van der Waals surface area contributed by atoms with E-state index in [1.807, 2.05) is 30.3 Å². The van der Waals surface area contributed by atoms with E-state index in [2.05, 4.69) is 5.32 Å². The zero-order chi connectivity index (χ0) is 17.5. The van der Waals surface area contributed by atoms with Crippen LogP contribution in [0.5, 0.6) is 0 Å². The van der Waals surface area contributed by atoms with E-state index in [0.29, 0.717) is 12.2 Å². The molecule has 7 heteroatoms. The molecule has 0 saturated carbocycles. The number of hydrogen-bond acceptors (Lipinski definition) is 6. The molecule has 122 valence electrons. The lowest BCUT2D eigenvalue weighted by atomic mass is 10.1. The van der Waals surface area contributed by atoms with Gasteiger partial charge in [-0.3, -0.25) is 10.1 Å². The van der Waals surface area contributed by atoms with Crippen LogP contribution in [0.1, 0.15) is 22.8 Å². The molecule has 2 aromatic rings. The summed E-state index contributed by atoms with van der Waals surface area (Å²) < 4.78 is 4.95. The van der Waals surface area contributed by atoms with Gasteiger partial charge in [-0.25, -0.2) is 4.79 Å². The van der Waals surface area contributed by atoms with Crippen LogP contribution in [0.3, 0.4) is 0 Å². The number of nitrogens with one attached hydrogen (secondary N) is 1. The smallest absolute Gasteiger partial charge is 0.341 e. The number of benzene rings is 2. The fourth-order valence-corrected chi connectivity index (χ4v) is 2.01. The topological polar surface area (TPSA) is 105 Å². The van der Waals surface area contributed by atoms with E-state index in [4.69, 9.17) is 10.00 Å². The number of carbonyl (C=O) groups excluding carboxylic acids is 1. The van der Waals surface area contributed by atoms with E-state index < -0.39 is 17.0 Å². The van der Waals surface area contributed by atoms with Crippen molar-refractivity contribution in [2.24, 2.45) is 0 Å². The van der Waals surface area contributed by atoms with Gasteiger partial charge in [0.05, 0.1) is 10.5 Å². The van der Waals surface area contributed by atoms with Gasteiger partial charge in [-0.15, -0.1) is 0 Å². The Hall–Kier alpha value is -3.40. The molecule has 24 heavy (non-hydrogen) atoms. The van der Waals surface area contributed by atoms with Crippen molar-refractivity contribution in [1.82, 2.24) is 0 Å². The first-order chi connectivity index (χ1) is 11.5. The molecule has 0 aliphatic rings. The molecule has 0 bridgehead atoms. The highest BCUT2D eigenvalue weighted by molar-refractivity contribution is 5.96. The van der Waals surface area contributed by atoms with Gasteiger partial charge in [-0.05, 0) is 18.6 Å². The number of hydrogen-bond donors (Lipinski definition) is 1. The molecule has 0 aliphatic heterocycles. The molecular weight excluding hydrogens is 310 g/mol. The molecular formula is C17H15N3O4. The van der Waals surface area contributed by atoms with Gasteiger partial charge in [0.25, 0.3) is 5.69 Å². The molecule has 0 radical (unpaired) electrons. The summed E-state index contributed by atoms with van der Waals surface area (Å²) in [5, 5.41) is 22.7. The second-order valence-electron chi connectivity index (χ2n) is 5.00. The van der Waals surface area contributed by atoms with Crippen LogP contribution < -0.4 is 5.32 Å². The molecule has 0 spiro atoms. The minimum atomic E-state index is -0.946. The average molecular weight is 325 g/mol. The standard InChI is InChI=1S/C17H15N3O4/c1-12(10-18)24-17(21)15-9-14(20(22)23)7-8-16(15)19-11-13-5-3-2-4-6-13/h2-9,12,19H,11H2,1H3. The fraction of sp³-hybridized carbons (Fsp3) is 0.176. The number of rotatable bonds is 6. The van der Waals surface area contributed by atoms with Crippen molar-refractivity contribution >= 4 is 17.3 Å². The van der Waals surface area contributed by atoms with E-state index in [1.54, 1.807) is 6.07 Å². The lowest BCUT2D eigenvalue weighted by molar-refractivity contribution is -0.384. The maximum absolute atomic E-state index is 12.2. The SMILES string of the molecule is CC(C#N)OC(=O)c1cc([N+](=O)[O-])ccc1NCc1ccccc1. The largest absolute Gasteiger partial charge is 0.444 e. The van der Waals surface area contributed by atoms with Crippen LogP contribution in [0.2, 0.25) is 0 Å². The molecule has 1 atom stereocenters. The lowest BCUT2D eigenvalue weighted by Gasteiger charge is -2.12. The number of nitrogens with zero attached hydrogens (tertiary/aromatic N) is 2. The van der Waals surface area contributed by atoms with Crippen LogP contribution in [-0.2, 0) is 11.3 Å². The van der Waals surface area contributed by atoms with Gasteiger partial charge in [-0.1, -0.05) is 30.3 Å². The molecule has 2 rings (SSSR count). The van der Waals surface area contributed by atoms with Crippen LogP contribution in [-0.4, -0.2) is 17.0 Å². The minimum absolute atomic E-state index is 0.0160. The predicted octanol–water partition coefficient (Wildman–Crippen LogP) is 3.28. The molecule has 0 fully saturated rings. The van der Waals surface area contributed by atoms with Crippen LogP contribution in [0.25, 0.3) is 0 Å². The first kappa shape index (κ1) is 17.0. The number of anilines is 1. The Balaban J connectivity index is 2.27. The Labute approximate surface area is 138 Å². The van der Waals surface area contributed by atoms with Gasteiger partial charge in [0.2, 0.25) is 0 Å². The predicted molar refractivity (Wildman–Crippen MR) is 87.4 cm³/mol. The van der Waals surface area contributed by atoms with Gasteiger partial charge in [0.1, 0.15) is 6.07 Å². The van der Waals surface area contributed by atoms with Crippen molar-refractivity contribution < 1.29 is 14.5 Å². The lowest BCUT2D eigenvalue weighted by Crippen LogP contribution is -2.15. The fourth-order valence-electron chi connectivity index (χ4n) is 2.01. The molecule has 1 unspecified atom stereocenters. The van der Waals surface area contributed by atoms with E-state index >= 15 is 0 Å². The van der Waals surface area contributed by atoms with Gasteiger partial charge in [-0.2, -0.15) is 5.26 Å². The van der Waals surface area contributed by atoms with Crippen molar-refractivity contribution in [3.8, 4) is 6.07 Å². The van der Waals surface area contributed by atoms with Gasteiger partial charge in [0, 0.05) is 24.4 Å². The number of non-ortho nitro benzene ring substituents is 1. The normalized spacial score (nSPS) is 11.2. The van der Waals surface area contributed by atoms with Crippen LogP contribution in [0, 0.1) is 21.4 Å². The van der Waals surface area contributed by atoms with Crippen LogP contribution in [0.4, 0.5) is 11.4 Å². The zero-order valence-corrected chi connectivity index (χ0v) is 12.9. The Morgan fingerprint density at radius 3 is 2.67 bits per heavy atom. The van der Waals surface area contributed by atoms with Gasteiger partial charge < -0.3 is 10.1 Å². The third kappa shape index (κ3) is 4.30. The molecule has 1 N–H and O–H groups in total. The number of nitro groups is 1. The summed E-state index contributed by atoms with van der Waals surface area (Å²) in [4.78, 5) is 22.5. The highest BCUT2D eigenvalue weighted by atomic mass is 16.6. The molecule has 0 amide bonds. The third-order valence-electron chi connectivity index (χ3n) is 3.23.